The monoisotopic (exact) mass is 272 g/mol. The van der Waals surface area contributed by atoms with Crippen molar-refractivity contribution in [2.45, 2.75) is 19.1 Å². The standard InChI is InChI=1S/C15H15NO4/c1-8-2-4-9(5-3-8)16-14(17)12-10-6-7-11(20-10)13(12)15(18)19/h2-7,10-13H,1H3,(H,16,17)(H,18,19)/p-1/t10-,11+,12+,13-/m0/s1. The fraction of sp³-hybridized carbons (Fsp3) is 0.333. The van der Waals surface area contributed by atoms with Crippen molar-refractivity contribution >= 4 is 17.6 Å². The van der Waals surface area contributed by atoms with Gasteiger partial charge in [-0.25, -0.2) is 0 Å². The van der Waals surface area contributed by atoms with Crippen LogP contribution in [-0.4, -0.2) is 24.1 Å². The fourth-order valence-electron chi connectivity index (χ4n) is 2.76. The number of carboxylic acids is 1. The molecular formula is C15H14NO4-. The van der Waals surface area contributed by atoms with Gasteiger partial charge in [0.15, 0.2) is 0 Å². The Morgan fingerprint density at radius 3 is 2.30 bits per heavy atom. The van der Waals surface area contributed by atoms with E-state index in [9.17, 15) is 14.7 Å². The molecular weight excluding hydrogens is 258 g/mol. The molecule has 104 valence electrons. The zero-order chi connectivity index (χ0) is 14.3. The van der Waals surface area contributed by atoms with E-state index in [0.29, 0.717) is 5.69 Å². The number of carbonyl (C=O) groups excluding carboxylic acids is 2. The zero-order valence-corrected chi connectivity index (χ0v) is 10.9. The molecule has 0 spiro atoms. The largest absolute Gasteiger partial charge is 0.550 e. The maximum Gasteiger partial charge on any atom is 0.231 e. The second-order valence-electron chi connectivity index (χ2n) is 5.18. The lowest BCUT2D eigenvalue weighted by atomic mass is 9.82. The minimum atomic E-state index is -1.24. The van der Waals surface area contributed by atoms with E-state index in [4.69, 9.17) is 4.74 Å². The normalized spacial score (nSPS) is 30.4. The first-order valence-corrected chi connectivity index (χ1v) is 6.48. The van der Waals surface area contributed by atoms with Gasteiger partial charge in [-0.3, -0.25) is 4.79 Å². The second-order valence-corrected chi connectivity index (χ2v) is 5.18. The number of carbonyl (C=O) groups is 2. The number of hydrogen-bond donors (Lipinski definition) is 1. The summed E-state index contributed by atoms with van der Waals surface area (Å²) in [7, 11) is 0. The molecule has 1 saturated heterocycles. The van der Waals surface area contributed by atoms with Gasteiger partial charge in [0.25, 0.3) is 0 Å². The summed E-state index contributed by atoms with van der Waals surface area (Å²) >= 11 is 0. The molecule has 0 aromatic heterocycles. The van der Waals surface area contributed by atoms with Crippen LogP contribution in [0.3, 0.4) is 0 Å². The Morgan fingerprint density at radius 1 is 1.10 bits per heavy atom. The molecule has 0 unspecified atom stereocenters. The molecule has 0 saturated carbocycles. The number of fused-ring (bicyclic) bond motifs is 2. The Labute approximate surface area is 116 Å². The zero-order valence-electron chi connectivity index (χ0n) is 10.9. The molecule has 2 bridgehead atoms. The molecule has 0 radical (unpaired) electrons. The Balaban J connectivity index is 1.78. The van der Waals surface area contributed by atoms with E-state index >= 15 is 0 Å². The number of aryl methyl sites for hydroxylation is 1. The van der Waals surface area contributed by atoms with Crippen molar-refractivity contribution in [3.8, 4) is 0 Å². The summed E-state index contributed by atoms with van der Waals surface area (Å²) in [4.78, 5) is 23.5. The van der Waals surface area contributed by atoms with Crippen molar-refractivity contribution in [1.29, 1.82) is 0 Å². The van der Waals surface area contributed by atoms with Crippen LogP contribution in [0.15, 0.2) is 36.4 Å². The smallest absolute Gasteiger partial charge is 0.231 e. The van der Waals surface area contributed by atoms with Gasteiger partial charge in [-0.1, -0.05) is 29.8 Å². The van der Waals surface area contributed by atoms with Crippen molar-refractivity contribution in [1.82, 2.24) is 0 Å². The van der Waals surface area contributed by atoms with Gasteiger partial charge >= 0.3 is 0 Å². The topological polar surface area (TPSA) is 78.5 Å². The average Bonchev–Trinajstić information content (AvgIpc) is 3.01. The quantitative estimate of drug-likeness (QED) is 0.800. The third kappa shape index (κ3) is 2.10. The number of aliphatic carboxylic acids is 1. The first kappa shape index (κ1) is 12.9. The van der Waals surface area contributed by atoms with Crippen LogP contribution in [0.25, 0.3) is 0 Å². The van der Waals surface area contributed by atoms with Gasteiger partial charge in [0.1, 0.15) is 0 Å². The predicted octanol–water partition coefficient (Wildman–Crippen LogP) is 0.253. The van der Waals surface area contributed by atoms with E-state index in [-0.39, 0.29) is 5.91 Å². The SMILES string of the molecule is Cc1ccc(NC(=O)[C@H]2[C@@H](C(=O)[O-])[C@H]3C=C[C@@H]2O3)cc1. The molecule has 3 rings (SSSR count). The molecule has 1 amide bonds. The van der Waals surface area contributed by atoms with Gasteiger partial charge in [-0.05, 0) is 19.1 Å². The van der Waals surface area contributed by atoms with E-state index in [1.54, 1.807) is 24.3 Å². The number of nitrogens with one attached hydrogen (secondary N) is 1. The Bertz CT molecular complexity index is 578. The number of ether oxygens (including phenoxy) is 1. The van der Waals surface area contributed by atoms with Gasteiger partial charge < -0.3 is 20.0 Å². The highest BCUT2D eigenvalue weighted by Gasteiger charge is 2.50. The van der Waals surface area contributed by atoms with Crippen LogP contribution in [0.4, 0.5) is 5.69 Å². The molecule has 1 aromatic carbocycles. The first-order chi connectivity index (χ1) is 9.56. The molecule has 1 aromatic rings. The van der Waals surface area contributed by atoms with E-state index < -0.39 is 30.0 Å². The number of hydrogen-bond acceptors (Lipinski definition) is 4. The third-order valence-corrected chi connectivity index (χ3v) is 3.79. The summed E-state index contributed by atoms with van der Waals surface area (Å²) in [6.45, 7) is 1.95. The minimum Gasteiger partial charge on any atom is -0.550 e. The number of rotatable bonds is 3. The van der Waals surface area contributed by atoms with Crippen molar-refractivity contribution in [3.63, 3.8) is 0 Å². The lowest BCUT2D eigenvalue weighted by molar-refractivity contribution is -0.313. The van der Waals surface area contributed by atoms with Crippen LogP contribution in [0.5, 0.6) is 0 Å². The van der Waals surface area contributed by atoms with Gasteiger partial charge in [0.2, 0.25) is 5.91 Å². The third-order valence-electron chi connectivity index (χ3n) is 3.79. The molecule has 1 fully saturated rings. The molecule has 1 N–H and O–H groups in total. The summed E-state index contributed by atoms with van der Waals surface area (Å²) in [5.41, 5.74) is 1.73. The highest BCUT2D eigenvalue weighted by Crippen LogP contribution is 2.39. The summed E-state index contributed by atoms with van der Waals surface area (Å²) in [5.74, 6) is -3.25. The summed E-state index contributed by atoms with van der Waals surface area (Å²) in [6.07, 6.45) is 2.39. The first-order valence-electron chi connectivity index (χ1n) is 6.48. The van der Waals surface area contributed by atoms with Crippen LogP contribution < -0.4 is 10.4 Å². The van der Waals surface area contributed by atoms with Crippen LogP contribution in [0.2, 0.25) is 0 Å². The van der Waals surface area contributed by atoms with E-state index in [0.717, 1.165) is 5.56 Å². The minimum absolute atomic E-state index is 0.347. The van der Waals surface area contributed by atoms with Crippen LogP contribution >= 0.6 is 0 Å². The molecule has 2 aliphatic heterocycles. The summed E-state index contributed by atoms with van der Waals surface area (Å²) in [6, 6.07) is 7.32. The molecule has 20 heavy (non-hydrogen) atoms. The van der Waals surface area contributed by atoms with Gasteiger partial charge in [-0.15, -0.1) is 0 Å². The maximum absolute atomic E-state index is 12.3. The molecule has 2 heterocycles. The Morgan fingerprint density at radius 2 is 1.70 bits per heavy atom. The fourth-order valence-corrected chi connectivity index (χ4v) is 2.76. The summed E-state index contributed by atoms with van der Waals surface area (Å²) < 4.78 is 5.44. The van der Waals surface area contributed by atoms with Crippen LogP contribution in [0, 0.1) is 18.8 Å². The maximum atomic E-state index is 12.3. The number of carboxylic acid groups (broad SMARTS) is 1. The van der Waals surface area contributed by atoms with Gasteiger partial charge in [-0.2, -0.15) is 0 Å². The van der Waals surface area contributed by atoms with E-state index in [1.165, 1.54) is 0 Å². The Hall–Kier alpha value is -2.14. The number of benzene rings is 1. The molecule has 5 nitrogen and oxygen atoms in total. The Kier molecular flexibility index (Phi) is 3.06. The number of amides is 1. The molecule has 2 aliphatic rings. The lowest BCUT2D eigenvalue weighted by Crippen LogP contribution is -2.45. The average molecular weight is 272 g/mol. The van der Waals surface area contributed by atoms with Crippen LogP contribution in [-0.2, 0) is 14.3 Å². The highest BCUT2D eigenvalue weighted by atomic mass is 16.5. The molecule has 0 aliphatic carbocycles. The number of anilines is 1. The van der Waals surface area contributed by atoms with Crippen molar-refractivity contribution in [3.05, 3.63) is 42.0 Å². The summed E-state index contributed by atoms with van der Waals surface area (Å²) in [5, 5.41) is 13.9. The van der Waals surface area contributed by atoms with Gasteiger partial charge in [0.05, 0.1) is 18.1 Å². The van der Waals surface area contributed by atoms with Crippen molar-refractivity contribution in [2.24, 2.45) is 11.8 Å². The van der Waals surface area contributed by atoms with E-state index in [2.05, 4.69) is 5.32 Å². The predicted molar refractivity (Wildman–Crippen MR) is 69.6 cm³/mol. The van der Waals surface area contributed by atoms with Crippen LogP contribution in [0.1, 0.15) is 5.56 Å². The van der Waals surface area contributed by atoms with Crippen molar-refractivity contribution < 1.29 is 19.4 Å². The highest BCUT2D eigenvalue weighted by molar-refractivity contribution is 5.96. The molecule has 4 atom stereocenters. The second kappa shape index (κ2) is 4.76. The van der Waals surface area contributed by atoms with E-state index in [1.807, 2.05) is 19.1 Å². The van der Waals surface area contributed by atoms with Crippen molar-refractivity contribution in [2.75, 3.05) is 5.32 Å². The molecule has 5 heteroatoms. The van der Waals surface area contributed by atoms with Gasteiger partial charge in [0, 0.05) is 17.6 Å². The lowest BCUT2D eigenvalue weighted by Gasteiger charge is -2.24.